The normalized spacial score (nSPS) is 14.4. The third kappa shape index (κ3) is 11.1. The van der Waals surface area contributed by atoms with E-state index >= 15 is 0 Å². The van der Waals surface area contributed by atoms with E-state index in [4.69, 9.17) is 4.74 Å². The molecule has 0 atom stereocenters. The van der Waals surface area contributed by atoms with Gasteiger partial charge in [0.1, 0.15) is 5.82 Å². The molecule has 0 radical (unpaired) electrons. The number of nitrogens with zero attached hydrogens (tertiary/aromatic N) is 4. The number of ketones is 2. The van der Waals surface area contributed by atoms with Crippen LogP contribution in [0.1, 0.15) is 98.6 Å². The van der Waals surface area contributed by atoms with Crippen molar-refractivity contribution < 1.29 is 67.9 Å². The first-order chi connectivity index (χ1) is 34.2. The molecule has 2 fully saturated rings. The van der Waals surface area contributed by atoms with Gasteiger partial charge in [0.25, 0.3) is 0 Å². The number of thiazole rings is 2. The number of anilines is 4. The minimum atomic E-state index is -4.86. The number of halogens is 4. The lowest BCUT2D eigenvalue weighted by molar-refractivity contribution is -0.137. The summed E-state index contributed by atoms with van der Waals surface area (Å²) < 4.78 is 114. The highest BCUT2D eigenvalue weighted by atomic mass is 32.2. The molecule has 8 rings (SSSR count). The smallest absolute Gasteiger partial charge is 0.383 e. The molecule has 6 aromatic rings. The fourth-order valence-electron chi connectivity index (χ4n) is 7.90. The van der Waals surface area contributed by atoms with Gasteiger partial charge in [0.15, 0.2) is 51.7 Å². The summed E-state index contributed by atoms with van der Waals surface area (Å²) in [6, 6.07) is 10.3. The van der Waals surface area contributed by atoms with Gasteiger partial charge in [0, 0.05) is 35.4 Å². The predicted octanol–water partition coefficient (Wildman–Crippen LogP) is 9.24. The van der Waals surface area contributed by atoms with E-state index in [1.807, 2.05) is 0 Å². The average molecular weight is 1070 g/mol. The van der Waals surface area contributed by atoms with Crippen LogP contribution in [0.3, 0.4) is 0 Å². The standard InChI is InChI=1S/C45H36F4N8O11S4/c46-26-16-18-30(28(22-26)36(59)24-11-3-4-12-24)53-42(63)57-44-55-34(40(70-44)72(66,67)32-14-6-8-20-51-32)38(61)68-37(60)33-39(71(64,65)31-13-5-7-19-50-31)69-43(54-33)56-41(62)52-29-17-15-25(45(47,48)49)21-27(29)35(58)23-9-1-2-10-23/h5-8,13-24H,1-4,9-12H2,(H2,52,54,56,62)(H2,53,55,57,63). The Balaban J connectivity index is 1.09. The summed E-state index contributed by atoms with van der Waals surface area (Å²) >= 11 is 0.375. The van der Waals surface area contributed by atoms with Gasteiger partial charge in [-0.2, -0.15) is 13.2 Å². The first-order valence-corrected chi connectivity index (χ1v) is 26.2. The number of nitrogens with one attached hydrogen (secondary N) is 4. The molecule has 0 saturated heterocycles. The molecule has 0 bridgehead atoms. The van der Waals surface area contributed by atoms with Crippen molar-refractivity contribution in [3.8, 4) is 0 Å². The van der Waals surface area contributed by atoms with Gasteiger partial charge in [-0.05, 0) is 86.3 Å². The van der Waals surface area contributed by atoms with Crippen molar-refractivity contribution in [1.82, 2.24) is 19.9 Å². The number of ether oxygens (including phenoxy) is 1. The van der Waals surface area contributed by atoms with Crippen LogP contribution in [0.25, 0.3) is 0 Å². The number of alkyl halides is 3. The topological polar surface area (TPSA) is 280 Å². The summed E-state index contributed by atoms with van der Waals surface area (Å²) in [4.78, 5) is 96.8. The van der Waals surface area contributed by atoms with Crippen LogP contribution in [0.4, 0.5) is 48.8 Å². The summed E-state index contributed by atoms with van der Waals surface area (Å²) in [6.07, 6.45) is 2.24. The Morgan fingerprint density at radius 3 is 1.43 bits per heavy atom. The van der Waals surface area contributed by atoms with Gasteiger partial charge in [-0.25, -0.2) is 60.3 Å². The van der Waals surface area contributed by atoms with E-state index in [1.54, 1.807) is 0 Å². The maximum atomic E-state index is 14.3. The number of benzene rings is 2. The Hall–Kier alpha value is -7.36. The fourth-order valence-corrected chi connectivity index (χ4v) is 13.2. The number of carbonyl (C=O) groups is 6. The number of Topliss-reactive ketones (excluding diaryl/α,β-unsaturated/α-hetero) is 2. The lowest BCUT2D eigenvalue weighted by Crippen LogP contribution is -2.23. The minimum absolute atomic E-state index is 0.0984. The van der Waals surface area contributed by atoms with Crippen molar-refractivity contribution in [3.63, 3.8) is 0 Å². The second kappa shape index (κ2) is 20.8. The Morgan fingerprint density at radius 1 is 0.583 bits per heavy atom. The molecule has 2 aliphatic carbocycles. The Morgan fingerprint density at radius 2 is 1.01 bits per heavy atom. The summed E-state index contributed by atoms with van der Waals surface area (Å²) in [5, 5.41) is 6.59. The zero-order valence-corrected chi connectivity index (χ0v) is 40.1. The van der Waals surface area contributed by atoms with Crippen molar-refractivity contribution in [2.45, 2.75) is 76.0 Å². The first kappa shape index (κ1) is 51.0. The number of hydrogen-bond donors (Lipinski definition) is 4. The van der Waals surface area contributed by atoms with Crippen LogP contribution in [0.2, 0.25) is 0 Å². The number of sulfone groups is 2. The number of aromatic nitrogens is 4. The van der Waals surface area contributed by atoms with Gasteiger partial charge in [0.05, 0.1) is 16.9 Å². The number of rotatable bonds is 14. The minimum Gasteiger partial charge on any atom is -0.383 e. The van der Waals surface area contributed by atoms with Gasteiger partial charge >= 0.3 is 30.2 Å². The van der Waals surface area contributed by atoms with E-state index in [0.29, 0.717) is 50.7 Å². The SMILES string of the molecule is O=C(Nc1nc(C(=O)OC(=O)c2nc(NC(=O)Nc3ccc(C(F)(F)F)cc3C(=O)C3CCCC3)sc2S(=O)(=O)c2ccccn2)c(S(=O)(=O)c2ccccn2)s1)Nc1ccc(F)cc1C(=O)C1CCCC1. The van der Waals surface area contributed by atoms with Crippen LogP contribution < -0.4 is 21.3 Å². The third-order valence-electron chi connectivity index (χ3n) is 11.3. The van der Waals surface area contributed by atoms with E-state index < -0.39 is 130 Å². The lowest BCUT2D eigenvalue weighted by atomic mass is 9.93. The van der Waals surface area contributed by atoms with Crippen LogP contribution in [-0.4, -0.2) is 72.3 Å². The molecular formula is C45H36F4N8O11S4. The molecule has 4 N–H and O–H groups in total. The number of hydrogen-bond acceptors (Lipinski definition) is 17. The molecule has 27 heteroatoms. The average Bonchev–Trinajstić information content (AvgIpc) is 4.21. The summed E-state index contributed by atoms with van der Waals surface area (Å²) in [6.45, 7) is 0. The molecule has 2 aromatic carbocycles. The molecule has 4 heterocycles. The second-order valence-corrected chi connectivity index (χ2v) is 22.3. The van der Waals surface area contributed by atoms with Crippen molar-refractivity contribution in [2.24, 2.45) is 11.8 Å². The molecule has 0 unspecified atom stereocenters. The highest BCUT2D eigenvalue weighted by Gasteiger charge is 2.38. The Bertz CT molecular complexity index is 3360. The molecule has 0 aliphatic heterocycles. The van der Waals surface area contributed by atoms with E-state index in [0.717, 1.165) is 61.6 Å². The highest BCUT2D eigenvalue weighted by Crippen LogP contribution is 2.38. The van der Waals surface area contributed by atoms with Crippen LogP contribution in [0.15, 0.2) is 104 Å². The van der Waals surface area contributed by atoms with Crippen LogP contribution in [0, 0.1) is 17.7 Å². The maximum absolute atomic E-state index is 14.3. The lowest BCUT2D eigenvalue weighted by Gasteiger charge is -2.16. The van der Waals surface area contributed by atoms with E-state index in [1.165, 1.54) is 24.3 Å². The first-order valence-electron chi connectivity index (χ1n) is 21.6. The zero-order chi connectivity index (χ0) is 51.5. The van der Waals surface area contributed by atoms with Crippen molar-refractivity contribution >= 4 is 99.6 Å². The van der Waals surface area contributed by atoms with E-state index in [-0.39, 0.29) is 39.6 Å². The summed E-state index contributed by atoms with van der Waals surface area (Å²) in [7, 11) is -9.68. The van der Waals surface area contributed by atoms with Gasteiger partial charge in [-0.3, -0.25) is 20.2 Å². The molecule has 19 nitrogen and oxygen atoms in total. The summed E-state index contributed by atoms with van der Waals surface area (Å²) in [5.74, 6) is -6.46. The molecule has 374 valence electrons. The fraction of sp³-hybridized carbons (Fsp3) is 0.244. The Labute approximate surface area is 413 Å². The molecule has 72 heavy (non-hydrogen) atoms. The van der Waals surface area contributed by atoms with Crippen molar-refractivity contribution in [3.05, 3.63) is 119 Å². The predicted molar refractivity (Wildman–Crippen MR) is 249 cm³/mol. The molecule has 2 aliphatic rings. The molecule has 2 saturated carbocycles. The monoisotopic (exact) mass is 1070 g/mol. The molecule has 0 spiro atoms. The summed E-state index contributed by atoms with van der Waals surface area (Å²) in [5.41, 5.74) is -4.38. The maximum Gasteiger partial charge on any atom is 0.416 e. The largest absolute Gasteiger partial charge is 0.416 e. The van der Waals surface area contributed by atoms with Crippen molar-refractivity contribution in [1.29, 1.82) is 0 Å². The number of carbonyl (C=O) groups excluding carboxylic acids is 6. The number of amides is 4. The highest BCUT2D eigenvalue weighted by molar-refractivity contribution is 7.94. The van der Waals surface area contributed by atoms with Gasteiger partial charge in [0.2, 0.25) is 19.7 Å². The Kier molecular flexibility index (Phi) is 14.7. The number of pyridine rings is 2. The molecule has 4 aromatic heterocycles. The van der Waals surface area contributed by atoms with Crippen LogP contribution in [0.5, 0.6) is 0 Å². The van der Waals surface area contributed by atoms with Crippen LogP contribution >= 0.6 is 22.7 Å². The van der Waals surface area contributed by atoms with E-state index in [2.05, 4.69) is 41.2 Å². The quantitative estimate of drug-likeness (QED) is 0.0342. The van der Waals surface area contributed by atoms with E-state index in [9.17, 15) is 63.2 Å². The van der Waals surface area contributed by atoms with Gasteiger partial charge in [-0.15, -0.1) is 0 Å². The van der Waals surface area contributed by atoms with Crippen molar-refractivity contribution in [2.75, 3.05) is 21.3 Å². The third-order valence-corrected chi connectivity index (χ3v) is 17.6. The number of urea groups is 2. The molecule has 4 amide bonds. The molecular weight excluding hydrogens is 1030 g/mol. The van der Waals surface area contributed by atoms with Gasteiger partial charge in [-0.1, -0.05) is 60.5 Å². The number of esters is 2. The zero-order valence-electron chi connectivity index (χ0n) is 36.8. The van der Waals surface area contributed by atoms with Gasteiger partial charge < -0.3 is 15.4 Å². The second-order valence-electron chi connectivity index (χ2n) is 16.1. The van der Waals surface area contributed by atoms with Crippen LogP contribution in [-0.2, 0) is 30.6 Å².